The summed E-state index contributed by atoms with van der Waals surface area (Å²) in [5.74, 6) is 0.115. The van der Waals surface area contributed by atoms with Gasteiger partial charge in [0.2, 0.25) is 5.28 Å². The minimum Gasteiger partial charge on any atom is -0.497 e. The molecule has 0 unspecified atom stereocenters. The topological polar surface area (TPSA) is 61.3 Å². The van der Waals surface area contributed by atoms with Crippen LogP contribution in [-0.4, -0.2) is 29.7 Å². The van der Waals surface area contributed by atoms with Crippen LogP contribution in [0, 0.1) is 0 Å². The minimum absolute atomic E-state index is 0.00111. The van der Waals surface area contributed by atoms with Crippen LogP contribution in [0.3, 0.4) is 0 Å². The zero-order valence-electron chi connectivity index (χ0n) is 9.94. The molecule has 18 heavy (non-hydrogen) atoms. The fraction of sp³-hybridized carbons (Fsp3) is 0.250. The fourth-order valence-electron chi connectivity index (χ4n) is 1.56. The van der Waals surface area contributed by atoms with Crippen LogP contribution in [0.4, 0.5) is 0 Å². The Kier molecular flexibility index (Phi) is 3.62. The second-order valence-corrected chi connectivity index (χ2v) is 3.78. The highest BCUT2D eigenvalue weighted by atomic mass is 35.5. The van der Waals surface area contributed by atoms with E-state index in [0.29, 0.717) is 16.7 Å². The third-order valence-corrected chi connectivity index (χ3v) is 2.51. The number of carbonyl (C=O) groups excluding carboxylic acids is 1. The Morgan fingerprint density at radius 1 is 1.39 bits per heavy atom. The molecule has 0 saturated carbocycles. The molecule has 2 rings (SSSR count). The summed E-state index contributed by atoms with van der Waals surface area (Å²) in [6.07, 6.45) is 0. The Morgan fingerprint density at radius 2 is 2.17 bits per heavy atom. The molecule has 0 N–H and O–H groups in total. The molecule has 0 radical (unpaired) electrons. The molecular formula is C12H11ClN2O3. The highest BCUT2D eigenvalue weighted by Crippen LogP contribution is 2.23. The number of methoxy groups -OCH3 is 1. The second-order valence-electron chi connectivity index (χ2n) is 3.44. The van der Waals surface area contributed by atoms with E-state index in [2.05, 4.69) is 9.97 Å². The highest BCUT2D eigenvalue weighted by Gasteiger charge is 2.15. The molecule has 0 bridgehead atoms. The molecule has 0 amide bonds. The van der Waals surface area contributed by atoms with Crippen LogP contribution in [0.5, 0.6) is 5.75 Å². The molecule has 0 saturated heterocycles. The van der Waals surface area contributed by atoms with Gasteiger partial charge < -0.3 is 9.47 Å². The summed E-state index contributed by atoms with van der Waals surface area (Å²) in [6, 6.07) is 5.12. The molecule has 0 aliphatic rings. The largest absolute Gasteiger partial charge is 0.497 e. The van der Waals surface area contributed by atoms with Gasteiger partial charge in [-0.1, -0.05) is 0 Å². The van der Waals surface area contributed by atoms with Crippen molar-refractivity contribution in [2.45, 2.75) is 6.92 Å². The third-order valence-electron chi connectivity index (χ3n) is 2.35. The first kappa shape index (κ1) is 12.6. The van der Waals surface area contributed by atoms with Crippen molar-refractivity contribution in [3.05, 3.63) is 29.2 Å². The van der Waals surface area contributed by atoms with Gasteiger partial charge >= 0.3 is 5.97 Å². The third kappa shape index (κ3) is 2.36. The Bertz CT molecular complexity index is 601. The predicted octanol–water partition coefficient (Wildman–Crippen LogP) is 2.47. The van der Waals surface area contributed by atoms with E-state index < -0.39 is 5.97 Å². The average molecular weight is 267 g/mol. The van der Waals surface area contributed by atoms with Crippen molar-refractivity contribution in [1.82, 2.24) is 9.97 Å². The molecule has 1 aromatic heterocycles. The lowest BCUT2D eigenvalue weighted by atomic mass is 10.2. The lowest BCUT2D eigenvalue weighted by Crippen LogP contribution is -2.09. The Balaban J connectivity index is 2.62. The summed E-state index contributed by atoms with van der Waals surface area (Å²) in [7, 11) is 1.55. The lowest BCUT2D eigenvalue weighted by Gasteiger charge is -2.06. The Morgan fingerprint density at radius 3 is 2.83 bits per heavy atom. The van der Waals surface area contributed by atoms with Gasteiger partial charge in [0.15, 0.2) is 5.69 Å². The Labute approximate surface area is 109 Å². The summed E-state index contributed by atoms with van der Waals surface area (Å²) in [6.45, 7) is 2.00. The van der Waals surface area contributed by atoms with E-state index in [0.717, 1.165) is 0 Å². The molecule has 0 atom stereocenters. The Hall–Kier alpha value is -1.88. The molecule has 0 aliphatic heterocycles. The van der Waals surface area contributed by atoms with Gasteiger partial charge in [-0.05, 0) is 30.7 Å². The molecule has 0 aliphatic carbocycles. The summed E-state index contributed by atoms with van der Waals surface area (Å²) in [4.78, 5) is 19.7. The average Bonchev–Trinajstić information content (AvgIpc) is 2.37. The molecule has 2 aromatic rings. The molecule has 94 valence electrons. The number of nitrogens with zero attached hydrogens (tertiary/aromatic N) is 2. The SMILES string of the molecule is CCOC(=O)c1nc(Cl)nc2cc(OC)ccc12. The van der Waals surface area contributed by atoms with E-state index in [1.807, 2.05) is 0 Å². The van der Waals surface area contributed by atoms with Crippen LogP contribution in [-0.2, 0) is 4.74 Å². The number of hydrogen-bond acceptors (Lipinski definition) is 5. The van der Waals surface area contributed by atoms with E-state index in [1.165, 1.54) is 0 Å². The monoisotopic (exact) mass is 266 g/mol. The van der Waals surface area contributed by atoms with Gasteiger partial charge in [-0.15, -0.1) is 0 Å². The van der Waals surface area contributed by atoms with Crippen LogP contribution in [0.15, 0.2) is 18.2 Å². The highest BCUT2D eigenvalue weighted by molar-refractivity contribution is 6.29. The van der Waals surface area contributed by atoms with Gasteiger partial charge in [-0.3, -0.25) is 0 Å². The number of esters is 1. The van der Waals surface area contributed by atoms with Crippen molar-refractivity contribution in [2.75, 3.05) is 13.7 Å². The zero-order valence-corrected chi connectivity index (χ0v) is 10.7. The maximum Gasteiger partial charge on any atom is 0.357 e. The molecule has 6 heteroatoms. The van der Waals surface area contributed by atoms with Gasteiger partial charge in [-0.2, -0.15) is 0 Å². The van der Waals surface area contributed by atoms with E-state index in [4.69, 9.17) is 21.1 Å². The lowest BCUT2D eigenvalue weighted by molar-refractivity contribution is 0.0522. The van der Waals surface area contributed by atoms with Crippen molar-refractivity contribution in [3.63, 3.8) is 0 Å². The first-order chi connectivity index (χ1) is 8.65. The fourth-order valence-corrected chi connectivity index (χ4v) is 1.74. The summed E-state index contributed by atoms with van der Waals surface area (Å²) < 4.78 is 10.0. The summed E-state index contributed by atoms with van der Waals surface area (Å²) >= 11 is 5.79. The molecule has 5 nitrogen and oxygen atoms in total. The summed E-state index contributed by atoms with van der Waals surface area (Å²) in [5, 5.41) is 0.581. The van der Waals surface area contributed by atoms with E-state index >= 15 is 0 Å². The van der Waals surface area contributed by atoms with Crippen molar-refractivity contribution in [2.24, 2.45) is 0 Å². The number of halogens is 1. The van der Waals surface area contributed by atoms with E-state index in [1.54, 1.807) is 32.2 Å². The number of ether oxygens (including phenoxy) is 2. The number of fused-ring (bicyclic) bond motifs is 1. The second kappa shape index (κ2) is 5.18. The maximum atomic E-state index is 11.8. The van der Waals surface area contributed by atoms with Crippen molar-refractivity contribution < 1.29 is 14.3 Å². The van der Waals surface area contributed by atoms with Gasteiger partial charge in [0.1, 0.15) is 5.75 Å². The zero-order chi connectivity index (χ0) is 13.1. The normalized spacial score (nSPS) is 10.4. The quantitative estimate of drug-likeness (QED) is 0.631. The van der Waals surface area contributed by atoms with Crippen LogP contribution < -0.4 is 4.74 Å². The predicted molar refractivity (Wildman–Crippen MR) is 67.1 cm³/mol. The number of carbonyl (C=O) groups is 1. The first-order valence-corrected chi connectivity index (χ1v) is 5.72. The van der Waals surface area contributed by atoms with Crippen molar-refractivity contribution in [1.29, 1.82) is 0 Å². The number of benzene rings is 1. The smallest absolute Gasteiger partial charge is 0.357 e. The number of rotatable bonds is 3. The van der Waals surface area contributed by atoms with Crippen molar-refractivity contribution in [3.8, 4) is 5.75 Å². The molecular weight excluding hydrogens is 256 g/mol. The van der Waals surface area contributed by atoms with Crippen LogP contribution in [0.2, 0.25) is 5.28 Å². The van der Waals surface area contributed by atoms with Gasteiger partial charge in [0, 0.05) is 11.5 Å². The van der Waals surface area contributed by atoms with E-state index in [9.17, 15) is 4.79 Å². The first-order valence-electron chi connectivity index (χ1n) is 5.34. The molecule has 0 fully saturated rings. The molecule has 1 heterocycles. The van der Waals surface area contributed by atoms with Gasteiger partial charge in [0.25, 0.3) is 0 Å². The molecule has 1 aromatic carbocycles. The van der Waals surface area contributed by atoms with Gasteiger partial charge in [-0.25, -0.2) is 14.8 Å². The van der Waals surface area contributed by atoms with Crippen molar-refractivity contribution >= 4 is 28.5 Å². The number of hydrogen-bond donors (Lipinski definition) is 0. The van der Waals surface area contributed by atoms with Gasteiger partial charge in [0.05, 0.1) is 19.2 Å². The summed E-state index contributed by atoms with van der Waals surface area (Å²) in [5.41, 5.74) is 0.701. The standard InChI is InChI=1S/C12H11ClN2O3/c1-3-18-11(16)10-8-5-4-7(17-2)6-9(8)14-12(13)15-10/h4-6H,3H2,1-2H3. The van der Waals surface area contributed by atoms with E-state index in [-0.39, 0.29) is 17.6 Å². The van der Waals surface area contributed by atoms with Crippen LogP contribution >= 0.6 is 11.6 Å². The van der Waals surface area contributed by atoms with Crippen LogP contribution in [0.1, 0.15) is 17.4 Å². The number of aromatic nitrogens is 2. The van der Waals surface area contributed by atoms with Crippen LogP contribution in [0.25, 0.3) is 10.9 Å². The minimum atomic E-state index is -0.517. The maximum absolute atomic E-state index is 11.8. The molecule has 0 spiro atoms.